The Hall–Kier alpha value is -0.610. The van der Waals surface area contributed by atoms with E-state index in [1.807, 2.05) is 0 Å². The molecule has 0 spiro atoms. The molecule has 2 rings (SSSR count). The number of carbonyl (C=O) groups excluding carboxylic acids is 1. The van der Waals surface area contributed by atoms with Crippen LogP contribution in [0.25, 0.3) is 0 Å². The van der Waals surface area contributed by atoms with Crippen molar-refractivity contribution in [1.82, 2.24) is 5.32 Å². The Bertz CT molecular complexity index is 336. The molecule has 0 saturated heterocycles. The minimum atomic E-state index is 0.168. The molecule has 4 heteroatoms. The van der Waals surface area contributed by atoms with Crippen molar-refractivity contribution in [3.8, 4) is 0 Å². The fraction of sp³-hybridized carbons (Fsp3) is 0.941. The zero-order valence-corrected chi connectivity index (χ0v) is 13.7. The largest absolute Gasteiger partial charge is 0.378 e. The molecule has 2 saturated carbocycles. The molecule has 3 N–H and O–H groups in total. The molecule has 0 aromatic carbocycles. The summed E-state index contributed by atoms with van der Waals surface area (Å²) in [6.07, 6.45) is 9.01. The third-order valence-electron chi connectivity index (χ3n) is 5.27. The summed E-state index contributed by atoms with van der Waals surface area (Å²) in [5, 5.41) is 3.09. The van der Waals surface area contributed by atoms with E-state index in [0.29, 0.717) is 12.1 Å². The quantitative estimate of drug-likeness (QED) is 0.741. The smallest absolute Gasteiger partial charge is 0.223 e. The zero-order chi connectivity index (χ0) is 15.3. The van der Waals surface area contributed by atoms with E-state index in [-0.39, 0.29) is 17.2 Å². The van der Waals surface area contributed by atoms with Gasteiger partial charge in [0.1, 0.15) is 0 Å². The normalized spacial score (nSPS) is 32.0. The lowest BCUT2D eigenvalue weighted by molar-refractivity contribution is -0.127. The van der Waals surface area contributed by atoms with Crippen LogP contribution in [-0.4, -0.2) is 31.2 Å². The fourth-order valence-electron chi connectivity index (χ4n) is 3.72. The molecule has 2 aliphatic carbocycles. The maximum Gasteiger partial charge on any atom is 0.223 e. The summed E-state index contributed by atoms with van der Waals surface area (Å²) in [5.74, 6) is 0.430. The van der Waals surface area contributed by atoms with Gasteiger partial charge in [-0.15, -0.1) is 0 Å². The lowest BCUT2D eigenvalue weighted by Crippen LogP contribution is -2.37. The summed E-state index contributed by atoms with van der Waals surface area (Å²) < 4.78 is 5.87. The molecule has 21 heavy (non-hydrogen) atoms. The second-order valence-corrected chi connectivity index (χ2v) is 7.49. The second-order valence-electron chi connectivity index (χ2n) is 7.49. The van der Waals surface area contributed by atoms with Crippen LogP contribution < -0.4 is 11.1 Å². The van der Waals surface area contributed by atoms with Crippen molar-refractivity contribution in [1.29, 1.82) is 0 Å². The highest BCUT2D eigenvalue weighted by Gasteiger charge is 2.38. The lowest BCUT2D eigenvalue weighted by Gasteiger charge is -2.27. The number of nitrogens with two attached hydrogens (primary N) is 1. The van der Waals surface area contributed by atoms with E-state index < -0.39 is 0 Å². The third kappa shape index (κ3) is 4.96. The minimum absolute atomic E-state index is 0.168. The molecule has 0 aromatic rings. The van der Waals surface area contributed by atoms with Crippen molar-refractivity contribution in [2.24, 2.45) is 17.1 Å². The van der Waals surface area contributed by atoms with Crippen molar-refractivity contribution < 1.29 is 9.53 Å². The summed E-state index contributed by atoms with van der Waals surface area (Å²) >= 11 is 0. The van der Waals surface area contributed by atoms with E-state index in [4.69, 9.17) is 10.5 Å². The van der Waals surface area contributed by atoms with E-state index >= 15 is 0 Å². The van der Waals surface area contributed by atoms with Gasteiger partial charge in [0.15, 0.2) is 0 Å². The van der Waals surface area contributed by atoms with Crippen molar-refractivity contribution >= 4 is 5.91 Å². The number of rotatable bonds is 6. The molecule has 0 aromatic heterocycles. The highest BCUT2D eigenvalue weighted by molar-refractivity contribution is 5.79. The van der Waals surface area contributed by atoms with Crippen LogP contribution in [0.3, 0.4) is 0 Å². The van der Waals surface area contributed by atoms with Crippen LogP contribution in [-0.2, 0) is 9.53 Å². The number of amides is 1. The van der Waals surface area contributed by atoms with Gasteiger partial charge in [0.25, 0.3) is 0 Å². The van der Waals surface area contributed by atoms with E-state index in [9.17, 15) is 4.79 Å². The Labute approximate surface area is 129 Å². The maximum atomic E-state index is 12.2. The molecule has 0 aliphatic heterocycles. The Morgan fingerprint density at radius 3 is 2.57 bits per heavy atom. The molecule has 1 atom stereocenters. The Morgan fingerprint density at radius 2 is 1.95 bits per heavy atom. The predicted molar refractivity (Wildman–Crippen MR) is 84.9 cm³/mol. The van der Waals surface area contributed by atoms with Crippen molar-refractivity contribution in [3.63, 3.8) is 0 Å². The first-order valence-corrected chi connectivity index (χ1v) is 8.64. The van der Waals surface area contributed by atoms with Gasteiger partial charge in [-0.05, 0) is 50.4 Å². The number of hydrogen-bond acceptors (Lipinski definition) is 3. The fourth-order valence-corrected chi connectivity index (χ4v) is 3.72. The molecule has 0 bridgehead atoms. The average molecular weight is 296 g/mol. The summed E-state index contributed by atoms with van der Waals surface area (Å²) in [6, 6.07) is 0.374. The van der Waals surface area contributed by atoms with Gasteiger partial charge in [0.2, 0.25) is 5.91 Å². The first-order valence-electron chi connectivity index (χ1n) is 8.64. The number of ether oxygens (including phenoxy) is 1. The highest BCUT2D eigenvalue weighted by Crippen LogP contribution is 2.42. The van der Waals surface area contributed by atoms with Crippen LogP contribution in [0.5, 0.6) is 0 Å². The Balaban J connectivity index is 1.54. The van der Waals surface area contributed by atoms with Gasteiger partial charge >= 0.3 is 0 Å². The second kappa shape index (κ2) is 7.59. The number of hydrogen-bond donors (Lipinski definition) is 2. The molecule has 1 unspecified atom stereocenters. The average Bonchev–Trinajstić information content (AvgIpc) is 2.80. The van der Waals surface area contributed by atoms with Gasteiger partial charge in [-0.1, -0.05) is 20.3 Å². The van der Waals surface area contributed by atoms with Crippen LogP contribution in [0.4, 0.5) is 0 Å². The molecule has 122 valence electrons. The SMILES string of the molecule is CC1(C)CCCC1C(=O)NCCCOC1CCC(N)CC1. The van der Waals surface area contributed by atoms with Gasteiger partial charge in [-0.3, -0.25) is 4.79 Å². The lowest BCUT2D eigenvalue weighted by atomic mass is 9.81. The first-order chi connectivity index (χ1) is 9.99. The summed E-state index contributed by atoms with van der Waals surface area (Å²) in [4.78, 5) is 12.2. The molecular formula is C17H32N2O2. The third-order valence-corrected chi connectivity index (χ3v) is 5.27. The Kier molecular flexibility index (Phi) is 6.06. The van der Waals surface area contributed by atoms with E-state index in [0.717, 1.165) is 58.1 Å². The number of nitrogens with one attached hydrogen (secondary N) is 1. The monoisotopic (exact) mass is 296 g/mol. The molecule has 0 radical (unpaired) electrons. The van der Waals surface area contributed by atoms with E-state index in [2.05, 4.69) is 19.2 Å². The molecular weight excluding hydrogens is 264 g/mol. The van der Waals surface area contributed by atoms with Gasteiger partial charge in [0, 0.05) is 25.1 Å². The van der Waals surface area contributed by atoms with Crippen molar-refractivity contribution in [2.45, 2.75) is 77.4 Å². The minimum Gasteiger partial charge on any atom is -0.378 e. The zero-order valence-electron chi connectivity index (χ0n) is 13.7. The summed E-state index contributed by atoms with van der Waals surface area (Å²) in [5.41, 5.74) is 6.05. The summed E-state index contributed by atoms with van der Waals surface area (Å²) in [7, 11) is 0. The molecule has 1 amide bonds. The van der Waals surface area contributed by atoms with Crippen molar-refractivity contribution in [3.05, 3.63) is 0 Å². The van der Waals surface area contributed by atoms with E-state index in [1.54, 1.807) is 0 Å². The summed E-state index contributed by atoms with van der Waals surface area (Å²) in [6.45, 7) is 5.90. The van der Waals surface area contributed by atoms with Gasteiger partial charge in [0.05, 0.1) is 6.10 Å². The van der Waals surface area contributed by atoms with Gasteiger partial charge < -0.3 is 15.8 Å². The van der Waals surface area contributed by atoms with Crippen LogP contribution in [0, 0.1) is 11.3 Å². The molecule has 0 heterocycles. The van der Waals surface area contributed by atoms with Crippen LogP contribution in [0.2, 0.25) is 0 Å². The predicted octanol–water partition coefficient (Wildman–Crippen LogP) is 2.61. The van der Waals surface area contributed by atoms with Gasteiger partial charge in [-0.25, -0.2) is 0 Å². The van der Waals surface area contributed by atoms with Crippen LogP contribution >= 0.6 is 0 Å². The Morgan fingerprint density at radius 1 is 1.24 bits per heavy atom. The first kappa shape index (κ1) is 16.8. The molecule has 4 nitrogen and oxygen atoms in total. The topological polar surface area (TPSA) is 64.3 Å². The molecule has 2 fully saturated rings. The maximum absolute atomic E-state index is 12.2. The standard InChI is InChI=1S/C17H32N2O2/c1-17(2)10-3-5-15(17)16(20)19-11-4-12-21-14-8-6-13(18)7-9-14/h13-15H,3-12,18H2,1-2H3,(H,19,20). The van der Waals surface area contributed by atoms with E-state index in [1.165, 1.54) is 6.42 Å². The highest BCUT2D eigenvalue weighted by atomic mass is 16.5. The van der Waals surface area contributed by atoms with Gasteiger partial charge in [-0.2, -0.15) is 0 Å². The molecule has 2 aliphatic rings. The van der Waals surface area contributed by atoms with Crippen molar-refractivity contribution in [2.75, 3.05) is 13.2 Å². The number of carbonyl (C=O) groups is 1. The van der Waals surface area contributed by atoms with Crippen LogP contribution in [0.15, 0.2) is 0 Å². The van der Waals surface area contributed by atoms with Crippen LogP contribution in [0.1, 0.15) is 65.2 Å².